The Bertz CT molecular complexity index is 837. The number of piperidine rings is 1. The monoisotopic (exact) mass is 387 g/mol. The van der Waals surface area contributed by atoms with Crippen molar-refractivity contribution in [2.45, 2.75) is 32.1 Å². The van der Waals surface area contributed by atoms with Crippen LogP contribution in [-0.4, -0.2) is 35.7 Å². The summed E-state index contributed by atoms with van der Waals surface area (Å²) in [6, 6.07) is 5.20. The summed E-state index contributed by atoms with van der Waals surface area (Å²) in [5, 5.41) is 0. The van der Waals surface area contributed by atoms with Crippen molar-refractivity contribution in [1.29, 1.82) is 0 Å². The van der Waals surface area contributed by atoms with Crippen LogP contribution in [0.5, 0.6) is 0 Å². The maximum Gasteiger partial charge on any atom is 0.289 e. The van der Waals surface area contributed by atoms with Crippen LogP contribution >= 0.6 is 11.3 Å². The Morgan fingerprint density at radius 1 is 1.19 bits per heavy atom. The van der Waals surface area contributed by atoms with Crippen LogP contribution in [0.4, 0.5) is 0 Å². The molecule has 1 fully saturated rings. The summed E-state index contributed by atoms with van der Waals surface area (Å²) in [5.41, 5.74) is 6.27. The number of rotatable bonds is 3. The molecule has 3 amide bonds. The van der Waals surface area contributed by atoms with Gasteiger partial charge in [-0.05, 0) is 55.9 Å². The fraction of sp³-hybridized carbons (Fsp3) is 0.421. The first-order valence-corrected chi connectivity index (χ1v) is 9.98. The third kappa shape index (κ3) is 3.75. The number of hydrogen-bond donors (Lipinski definition) is 2. The standard InChI is InChI=1S/C19H21N3O4S/c23-17(20-21-18(24)16-10-12-4-1-7-15(12)27-16)13-5-2-8-22(11-13)19(25)14-6-3-9-26-14/h3,6,9-10,13H,1-2,4-5,7-8,11H2,(H,20,23)(H,21,24)/t13-/m0/s1. The molecule has 0 bridgehead atoms. The molecule has 1 atom stereocenters. The topological polar surface area (TPSA) is 91.7 Å². The number of carbonyl (C=O) groups excluding carboxylic acids is 3. The molecule has 0 saturated carbocycles. The lowest BCUT2D eigenvalue weighted by molar-refractivity contribution is -0.127. The van der Waals surface area contributed by atoms with Crippen molar-refractivity contribution >= 4 is 29.1 Å². The molecule has 2 aliphatic rings. The molecule has 8 heteroatoms. The molecule has 4 rings (SSSR count). The summed E-state index contributed by atoms with van der Waals surface area (Å²) in [4.78, 5) is 40.6. The summed E-state index contributed by atoms with van der Waals surface area (Å²) in [6.45, 7) is 0.908. The third-order valence-corrected chi connectivity index (χ3v) is 6.32. The fourth-order valence-electron chi connectivity index (χ4n) is 3.65. The second kappa shape index (κ2) is 7.56. The lowest BCUT2D eigenvalue weighted by Crippen LogP contribution is -2.49. The van der Waals surface area contributed by atoms with Crippen LogP contribution in [0.1, 0.15) is 49.9 Å². The second-order valence-corrected chi connectivity index (χ2v) is 8.06. The molecule has 1 aliphatic heterocycles. The molecule has 2 aromatic rings. The minimum absolute atomic E-state index is 0.213. The highest BCUT2D eigenvalue weighted by molar-refractivity contribution is 7.14. The van der Waals surface area contributed by atoms with Crippen LogP contribution in [0.15, 0.2) is 28.9 Å². The predicted molar refractivity (Wildman–Crippen MR) is 99.3 cm³/mol. The molecule has 3 heterocycles. The van der Waals surface area contributed by atoms with E-state index < -0.39 is 0 Å². The van der Waals surface area contributed by atoms with E-state index in [-0.39, 0.29) is 29.4 Å². The second-order valence-electron chi connectivity index (χ2n) is 6.92. The Hall–Kier alpha value is -2.61. The van der Waals surface area contributed by atoms with Gasteiger partial charge in [-0.25, -0.2) is 0 Å². The van der Waals surface area contributed by atoms with Gasteiger partial charge in [0.15, 0.2) is 5.76 Å². The number of thiophene rings is 1. The molecular weight excluding hydrogens is 366 g/mol. The zero-order valence-electron chi connectivity index (χ0n) is 14.8. The third-order valence-electron chi connectivity index (χ3n) is 5.08. The van der Waals surface area contributed by atoms with E-state index in [4.69, 9.17) is 4.42 Å². The van der Waals surface area contributed by atoms with Crippen molar-refractivity contribution in [3.63, 3.8) is 0 Å². The van der Waals surface area contributed by atoms with Crippen molar-refractivity contribution in [2.75, 3.05) is 13.1 Å². The van der Waals surface area contributed by atoms with Crippen molar-refractivity contribution in [2.24, 2.45) is 5.92 Å². The van der Waals surface area contributed by atoms with Crippen molar-refractivity contribution in [1.82, 2.24) is 15.8 Å². The van der Waals surface area contributed by atoms with Gasteiger partial charge in [0.25, 0.3) is 11.8 Å². The number of hydrogen-bond acceptors (Lipinski definition) is 5. The highest BCUT2D eigenvalue weighted by Crippen LogP contribution is 2.30. The van der Waals surface area contributed by atoms with Gasteiger partial charge < -0.3 is 9.32 Å². The number of carbonyl (C=O) groups is 3. The SMILES string of the molecule is O=C(NNC(=O)[C@H]1CCCN(C(=O)c2ccco2)C1)c1cc2c(s1)CCC2. The largest absolute Gasteiger partial charge is 0.459 e. The van der Waals surface area contributed by atoms with E-state index in [0.29, 0.717) is 24.4 Å². The maximum atomic E-state index is 12.4. The molecule has 0 spiro atoms. The Morgan fingerprint density at radius 2 is 2.07 bits per heavy atom. The summed E-state index contributed by atoms with van der Waals surface area (Å²) < 4.78 is 5.15. The zero-order valence-corrected chi connectivity index (χ0v) is 15.6. The Kier molecular flexibility index (Phi) is 4.98. The van der Waals surface area contributed by atoms with Gasteiger partial charge in [-0.2, -0.15) is 0 Å². The number of amides is 3. The van der Waals surface area contributed by atoms with Gasteiger partial charge in [0.2, 0.25) is 5.91 Å². The number of nitrogens with zero attached hydrogens (tertiary/aromatic N) is 1. The average molecular weight is 387 g/mol. The van der Waals surface area contributed by atoms with Crippen LogP contribution in [0.25, 0.3) is 0 Å². The molecule has 0 unspecified atom stereocenters. The van der Waals surface area contributed by atoms with E-state index in [1.165, 1.54) is 28.0 Å². The van der Waals surface area contributed by atoms with E-state index in [0.717, 1.165) is 25.7 Å². The first kappa shape index (κ1) is 17.8. The van der Waals surface area contributed by atoms with Gasteiger partial charge in [-0.3, -0.25) is 25.2 Å². The van der Waals surface area contributed by atoms with Gasteiger partial charge in [0, 0.05) is 18.0 Å². The van der Waals surface area contributed by atoms with Gasteiger partial charge in [-0.1, -0.05) is 0 Å². The number of fused-ring (bicyclic) bond motifs is 1. The molecule has 27 heavy (non-hydrogen) atoms. The normalized spacial score (nSPS) is 18.8. The first-order chi connectivity index (χ1) is 13.1. The summed E-state index contributed by atoms with van der Waals surface area (Å²) in [5.74, 6) is -0.859. The number of furan rings is 1. The van der Waals surface area contributed by atoms with E-state index in [1.54, 1.807) is 17.0 Å². The molecule has 0 radical (unpaired) electrons. The van der Waals surface area contributed by atoms with E-state index in [9.17, 15) is 14.4 Å². The van der Waals surface area contributed by atoms with Crippen LogP contribution < -0.4 is 10.9 Å². The minimum atomic E-state index is -0.355. The van der Waals surface area contributed by atoms with Crippen molar-refractivity contribution in [3.05, 3.63) is 45.5 Å². The average Bonchev–Trinajstić information content (AvgIpc) is 3.42. The smallest absolute Gasteiger partial charge is 0.289 e. The minimum Gasteiger partial charge on any atom is -0.459 e. The van der Waals surface area contributed by atoms with Gasteiger partial charge >= 0.3 is 0 Å². The van der Waals surface area contributed by atoms with Gasteiger partial charge in [0.05, 0.1) is 17.1 Å². The molecule has 1 saturated heterocycles. The number of likely N-dealkylation sites (tertiary alicyclic amines) is 1. The Morgan fingerprint density at radius 3 is 2.85 bits per heavy atom. The van der Waals surface area contributed by atoms with Crippen LogP contribution in [-0.2, 0) is 17.6 Å². The summed E-state index contributed by atoms with van der Waals surface area (Å²) in [6.07, 6.45) is 6.06. The number of nitrogens with one attached hydrogen (secondary N) is 2. The summed E-state index contributed by atoms with van der Waals surface area (Å²) >= 11 is 1.49. The molecule has 0 aromatic carbocycles. The fourth-order valence-corrected chi connectivity index (χ4v) is 4.80. The van der Waals surface area contributed by atoms with E-state index >= 15 is 0 Å². The lowest BCUT2D eigenvalue weighted by Gasteiger charge is -2.31. The molecule has 2 N–H and O–H groups in total. The van der Waals surface area contributed by atoms with Crippen LogP contribution in [0.2, 0.25) is 0 Å². The van der Waals surface area contributed by atoms with Gasteiger partial charge in [0.1, 0.15) is 0 Å². The quantitative estimate of drug-likeness (QED) is 0.790. The first-order valence-electron chi connectivity index (χ1n) is 9.16. The predicted octanol–water partition coefficient (Wildman–Crippen LogP) is 2.14. The van der Waals surface area contributed by atoms with Crippen molar-refractivity contribution in [3.8, 4) is 0 Å². The van der Waals surface area contributed by atoms with E-state index in [1.807, 2.05) is 6.07 Å². The Balaban J connectivity index is 1.31. The molecule has 1 aliphatic carbocycles. The van der Waals surface area contributed by atoms with Crippen LogP contribution in [0.3, 0.4) is 0 Å². The number of aryl methyl sites for hydroxylation is 2. The highest BCUT2D eigenvalue weighted by Gasteiger charge is 2.30. The van der Waals surface area contributed by atoms with E-state index in [2.05, 4.69) is 10.9 Å². The zero-order chi connectivity index (χ0) is 18.8. The molecule has 7 nitrogen and oxygen atoms in total. The maximum absolute atomic E-state index is 12.4. The molecule has 142 valence electrons. The number of hydrazine groups is 1. The molecular formula is C19H21N3O4S. The highest BCUT2D eigenvalue weighted by atomic mass is 32.1. The lowest BCUT2D eigenvalue weighted by atomic mass is 9.97. The molecule has 2 aromatic heterocycles. The summed E-state index contributed by atoms with van der Waals surface area (Å²) in [7, 11) is 0. The van der Waals surface area contributed by atoms with Crippen LogP contribution in [0, 0.1) is 5.92 Å². The Labute approximate surface area is 160 Å². The van der Waals surface area contributed by atoms with Gasteiger partial charge in [-0.15, -0.1) is 11.3 Å². The van der Waals surface area contributed by atoms with Crippen molar-refractivity contribution < 1.29 is 18.8 Å².